The molecule has 2 aromatic heterocycles. The van der Waals surface area contributed by atoms with Crippen LogP contribution in [0, 0.1) is 10.1 Å². The average Bonchev–Trinajstić information content (AvgIpc) is 2.91. The molecule has 0 spiro atoms. The van der Waals surface area contributed by atoms with Crippen LogP contribution in [-0.4, -0.2) is 25.0 Å². The number of hydrogen-bond donors (Lipinski definition) is 1. The van der Waals surface area contributed by atoms with E-state index in [4.69, 9.17) is 0 Å². The summed E-state index contributed by atoms with van der Waals surface area (Å²) in [6.07, 6.45) is 2.08. The zero-order valence-corrected chi connectivity index (χ0v) is 13.4. The Labute approximate surface area is 141 Å². The van der Waals surface area contributed by atoms with Crippen LogP contribution in [-0.2, 0) is 17.8 Å². The molecule has 1 N–H and O–H groups in total. The van der Waals surface area contributed by atoms with Crippen molar-refractivity contribution in [3.63, 3.8) is 0 Å². The fourth-order valence-corrected chi connectivity index (χ4v) is 2.52. The maximum Gasteiger partial charge on any atom is 0.350 e. The number of pyridine rings is 1. The van der Waals surface area contributed by atoms with Crippen LogP contribution in [0.5, 0.6) is 0 Å². The number of hydrogen-bond acceptors (Lipinski definition) is 5. The van der Waals surface area contributed by atoms with E-state index in [1.54, 1.807) is 36.5 Å². The zero-order valence-electron chi connectivity index (χ0n) is 13.4. The van der Waals surface area contributed by atoms with Crippen LogP contribution in [0.1, 0.15) is 12.5 Å². The van der Waals surface area contributed by atoms with Gasteiger partial charge in [0.2, 0.25) is 5.91 Å². The number of benzene rings is 1. The van der Waals surface area contributed by atoms with Gasteiger partial charge in [0.05, 0.1) is 4.92 Å². The zero-order chi connectivity index (χ0) is 18.0. The Bertz CT molecular complexity index is 1020. The maximum atomic E-state index is 12.2. The minimum Gasteiger partial charge on any atom is -0.324 e. The van der Waals surface area contributed by atoms with Gasteiger partial charge in [0, 0.05) is 23.5 Å². The van der Waals surface area contributed by atoms with Gasteiger partial charge < -0.3 is 5.32 Å². The number of carbonyl (C=O) groups is 1. The summed E-state index contributed by atoms with van der Waals surface area (Å²) in [6.45, 7) is 1.53. The molecule has 0 unspecified atom stereocenters. The van der Waals surface area contributed by atoms with Crippen LogP contribution in [0.15, 0.2) is 47.4 Å². The smallest absolute Gasteiger partial charge is 0.324 e. The SMILES string of the molecule is CCc1ccc(NC(=O)Cn2nc3ccccn3c2=O)cc1[N+](=O)[O-]. The number of rotatable bonds is 5. The van der Waals surface area contributed by atoms with E-state index in [2.05, 4.69) is 10.4 Å². The minimum atomic E-state index is -0.496. The number of nitro groups is 1. The molecule has 1 amide bonds. The van der Waals surface area contributed by atoms with E-state index in [0.717, 1.165) is 4.68 Å². The van der Waals surface area contributed by atoms with Gasteiger partial charge in [-0.15, -0.1) is 5.10 Å². The highest BCUT2D eigenvalue weighted by Crippen LogP contribution is 2.23. The second-order valence-corrected chi connectivity index (χ2v) is 5.37. The summed E-state index contributed by atoms with van der Waals surface area (Å²) in [7, 11) is 0. The molecule has 0 atom stereocenters. The highest BCUT2D eigenvalue weighted by atomic mass is 16.6. The van der Waals surface area contributed by atoms with Gasteiger partial charge in [-0.2, -0.15) is 0 Å². The topological polar surface area (TPSA) is 112 Å². The number of nitrogens with zero attached hydrogens (tertiary/aromatic N) is 4. The van der Waals surface area contributed by atoms with E-state index in [9.17, 15) is 19.7 Å². The molecule has 128 valence electrons. The van der Waals surface area contributed by atoms with Crippen LogP contribution in [0.3, 0.4) is 0 Å². The molecule has 3 rings (SSSR count). The van der Waals surface area contributed by atoms with Crippen LogP contribution >= 0.6 is 0 Å². The molecule has 0 aliphatic rings. The van der Waals surface area contributed by atoms with Crippen LogP contribution < -0.4 is 11.0 Å². The van der Waals surface area contributed by atoms with Crippen molar-refractivity contribution >= 4 is 22.9 Å². The van der Waals surface area contributed by atoms with Crippen molar-refractivity contribution in [3.05, 3.63) is 68.8 Å². The van der Waals surface area contributed by atoms with Crippen LogP contribution in [0.25, 0.3) is 5.65 Å². The lowest BCUT2D eigenvalue weighted by Crippen LogP contribution is -2.28. The van der Waals surface area contributed by atoms with Crippen molar-refractivity contribution in [1.29, 1.82) is 0 Å². The standard InChI is InChI=1S/C16H15N5O4/c1-2-11-6-7-12(9-13(11)21(24)25)17-15(22)10-20-16(23)19-8-4-3-5-14(19)18-20/h3-9H,2,10H2,1H3,(H,17,22). The van der Waals surface area contributed by atoms with Crippen molar-refractivity contribution in [2.24, 2.45) is 0 Å². The van der Waals surface area contributed by atoms with Crippen LogP contribution in [0.4, 0.5) is 11.4 Å². The lowest BCUT2D eigenvalue weighted by Gasteiger charge is -2.06. The van der Waals surface area contributed by atoms with Crippen molar-refractivity contribution in [1.82, 2.24) is 14.2 Å². The number of nitro benzene ring substituents is 1. The first-order chi connectivity index (χ1) is 12.0. The van der Waals surface area contributed by atoms with Crippen molar-refractivity contribution in [3.8, 4) is 0 Å². The maximum absolute atomic E-state index is 12.2. The quantitative estimate of drug-likeness (QED) is 0.560. The van der Waals surface area contributed by atoms with Gasteiger partial charge in [-0.1, -0.05) is 19.1 Å². The average molecular weight is 341 g/mol. The predicted molar refractivity (Wildman–Crippen MR) is 90.6 cm³/mol. The number of amides is 1. The van der Waals surface area contributed by atoms with Gasteiger partial charge in [0.25, 0.3) is 5.69 Å². The highest BCUT2D eigenvalue weighted by Gasteiger charge is 2.15. The largest absolute Gasteiger partial charge is 0.350 e. The summed E-state index contributed by atoms with van der Waals surface area (Å²) >= 11 is 0. The van der Waals surface area contributed by atoms with E-state index in [-0.39, 0.29) is 12.2 Å². The number of fused-ring (bicyclic) bond motifs is 1. The molecule has 0 aliphatic heterocycles. The summed E-state index contributed by atoms with van der Waals surface area (Å²) in [5.74, 6) is -0.496. The first kappa shape index (κ1) is 16.4. The lowest BCUT2D eigenvalue weighted by molar-refractivity contribution is -0.385. The van der Waals surface area contributed by atoms with E-state index in [1.165, 1.54) is 10.5 Å². The fourth-order valence-electron chi connectivity index (χ4n) is 2.52. The second-order valence-electron chi connectivity index (χ2n) is 5.37. The van der Waals surface area contributed by atoms with Gasteiger partial charge >= 0.3 is 5.69 Å². The van der Waals surface area contributed by atoms with Gasteiger partial charge in [0.1, 0.15) is 6.54 Å². The molecular formula is C16H15N5O4. The molecule has 2 heterocycles. The van der Waals surface area contributed by atoms with E-state index in [1.807, 2.05) is 6.92 Å². The molecule has 1 aromatic carbocycles. The Balaban J connectivity index is 1.80. The third-order valence-corrected chi connectivity index (χ3v) is 3.73. The van der Waals surface area contributed by atoms with Crippen molar-refractivity contribution in [2.75, 3.05) is 5.32 Å². The highest BCUT2D eigenvalue weighted by molar-refractivity contribution is 5.90. The van der Waals surface area contributed by atoms with Gasteiger partial charge in [0.15, 0.2) is 5.65 Å². The third kappa shape index (κ3) is 3.25. The van der Waals surface area contributed by atoms with Crippen molar-refractivity contribution in [2.45, 2.75) is 19.9 Å². The fraction of sp³-hybridized carbons (Fsp3) is 0.188. The number of aryl methyl sites for hydroxylation is 1. The summed E-state index contributed by atoms with van der Waals surface area (Å²) in [4.78, 5) is 34.9. The predicted octanol–water partition coefficient (Wildman–Crippen LogP) is 1.61. The normalized spacial score (nSPS) is 10.8. The molecule has 25 heavy (non-hydrogen) atoms. The minimum absolute atomic E-state index is 0.0507. The van der Waals surface area contributed by atoms with Crippen LogP contribution in [0.2, 0.25) is 0 Å². The monoisotopic (exact) mass is 341 g/mol. The first-order valence-electron chi connectivity index (χ1n) is 7.61. The van der Waals surface area contributed by atoms with E-state index >= 15 is 0 Å². The van der Waals surface area contributed by atoms with E-state index < -0.39 is 16.5 Å². The summed E-state index contributed by atoms with van der Waals surface area (Å²) in [5, 5.41) is 17.7. The molecule has 0 saturated heterocycles. The Hall–Kier alpha value is -3.49. The second kappa shape index (κ2) is 6.56. The first-order valence-corrected chi connectivity index (χ1v) is 7.61. The molecule has 0 fully saturated rings. The van der Waals surface area contributed by atoms with Gasteiger partial charge in [-0.05, 0) is 24.6 Å². The molecule has 9 heteroatoms. The summed E-state index contributed by atoms with van der Waals surface area (Å²) < 4.78 is 2.37. The molecule has 0 aliphatic carbocycles. The molecule has 0 bridgehead atoms. The summed E-state index contributed by atoms with van der Waals surface area (Å²) in [6, 6.07) is 9.59. The van der Waals surface area contributed by atoms with Crippen molar-refractivity contribution < 1.29 is 9.72 Å². The van der Waals surface area contributed by atoms with E-state index in [0.29, 0.717) is 23.3 Å². The Kier molecular flexibility index (Phi) is 4.29. The van der Waals surface area contributed by atoms with Gasteiger partial charge in [-0.3, -0.25) is 19.3 Å². The molecular weight excluding hydrogens is 326 g/mol. The Morgan fingerprint density at radius 2 is 2.12 bits per heavy atom. The molecule has 0 saturated carbocycles. The Morgan fingerprint density at radius 3 is 2.80 bits per heavy atom. The lowest BCUT2D eigenvalue weighted by atomic mass is 10.1. The molecule has 9 nitrogen and oxygen atoms in total. The number of anilines is 1. The Morgan fingerprint density at radius 1 is 1.32 bits per heavy atom. The summed E-state index contributed by atoms with van der Waals surface area (Å²) in [5.41, 5.74) is 0.830. The number of carbonyl (C=O) groups excluding carboxylic acids is 1. The van der Waals surface area contributed by atoms with Gasteiger partial charge in [-0.25, -0.2) is 9.48 Å². The molecule has 0 radical (unpaired) electrons. The number of aromatic nitrogens is 3. The molecule has 3 aromatic rings. The third-order valence-electron chi connectivity index (χ3n) is 3.73. The number of nitrogens with one attached hydrogen (secondary N) is 1.